The lowest BCUT2D eigenvalue weighted by Gasteiger charge is -2.22. The van der Waals surface area contributed by atoms with Crippen LogP contribution in [0.25, 0.3) is 0 Å². The highest BCUT2D eigenvalue weighted by atomic mass is 15.3. The number of nitrogens with zero attached hydrogens (tertiary/aromatic N) is 4. The average Bonchev–Trinajstić information content (AvgIpc) is 2.75. The molecule has 1 unspecified atom stereocenters. The van der Waals surface area contributed by atoms with Crippen LogP contribution in [0.15, 0.2) is 0 Å². The highest BCUT2D eigenvalue weighted by Gasteiger charge is 2.29. The van der Waals surface area contributed by atoms with Crippen LogP contribution in [0, 0.1) is 25.2 Å². The van der Waals surface area contributed by atoms with E-state index in [4.69, 9.17) is 5.26 Å². The molecule has 0 radical (unpaired) electrons. The van der Waals surface area contributed by atoms with Crippen molar-refractivity contribution in [2.75, 3.05) is 13.1 Å². The summed E-state index contributed by atoms with van der Waals surface area (Å²) in [4.78, 5) is 2.26. The van der Waals surface area contributed by atoms with Crippen molar-refractivity contribution in [2.24, 2.45) is 7.05 Å². The molecule has 1 atom stereocenters. The number of aryl methyl sites for hydroxylation is 2. The molecule has 86 valence electrons. The van der Waals surface area contributed by atoms with E-state index in [1.54, 1.807) is 0 Å². The third-order valence-corrected chi connectivity index (χ3v) is 3.54. The van der Waals surface area contributed by atoms with Crippen LogP contribution in [0.3, 0.4) is 0 Å². The zero-order valence-electron chi connectivity index (χ0n) is 10.2. The molecule has 4 nitrogen and oxygen atoms in total. The Labute approximate surface area is 96.5 Å². The molecule has 1 aliphatic heterocycles. The minimum Gasteiger partial charge on any atom is -0.283 e. The van der Waals surface area contributed by atoms with Crippen molar-refractivity contribution in [1.29, 1.82) is 5.26 Å². The summed E-state index contributed by atoms with van der Waals surface area (Å²) in [5, 5.41) is 13.3. The molecule has 0 bridgehead atoms. The summed E-state index contributed by atoms with van der Waals surface area (Å²) in [5.74, 6) is 0. The normalized spacial score (nSPS) is 21.2. The summed E-state index contributed by atoms with van der Waals surface area (Å²) in [6, 6.07) is 2.65. The van der Waals surface area contributed by atoms with Gasteiger partial charge in [0.15, 0.2) is 0 Å². The molecule has 1 saturated heterocycles. The topological polar surface area (TPSA) is 44.9 Å². The molecular weight excluding hydrogens is 200 g/mol. The van der Waals surface area contributed by atoms with Gasteiger partial charge in [-0.15, -0.1) is 0 Å². The Morgan fingerprint density at radius 3 is 2.81 bits per heavy atom. The summed E-state index contributed by atoms with van der Waals surface area (Å²) < 4.78 is 1.94. The predicted molar refractivity (Wildman–Crippen MR) is 61.8 cm³/mol. The van der Waals surface area contributed by atoms with Gasteiger partial charge in [0.05, 0.1) is 18.3 Å². The zero-order chi connectivity index (χ0) is 11.7. The van der Waals surface area contributed by atoms with E-state index < -0.39 is 0 Å². The van der Waals surface area contributed by atoms with Gasteiger partial charge < -0.3 is 0 Å². The van der Waals surface area contributed by atoms with E-state index in [-0.39, 0.29) is 0 Å². The Morgan fingerprint density at radius 1 is 1.50 bits per heavy atom. The molecule has 4 heteroatoms. The van der Waals surface area contributed by atoms with Crippen LogP contribution in [0.4, 0.5) is 0 Å². The van der Waals surface area contributed by atoms with Crippen molar-refractivity contribution in [2.45, 2.75) is 32.7 Å². The van der Waals surface area contributed by atoms with Gasteiger partial charge >= 0.3 is 0 Å². The summed E-state index contributed by atoms with van der Waals surface area (Å²) in [6.45, 7) is 5.73. The third kappa shape index (κ3) is 1.72. The Hall–Kier alpha value is -1.34. The maximum Gasteiger partial charge on any atom is 0.0871 e. The largest absolute Gasteiger partial charge is 0.283 e. The summed E-state index contributed by atoms with van der Waals surface area (Å²) in [5.41, 5.74) is 3.66. The molecular formula is C12H18N4. The van der Waals surface area contributed by atoms with Crippen LogP contribution in [-0.4, -0.2) is 27.8 Å². The van der Waals surface area contributed by atoms with Crippen LogP contribution in [0.2, 0.25) is 0 Å². The molecule has 1 aromatic heterocycles. The highest BCUT2D eigenvalue weighted by molar-refractivity contribution is 5.29. The second-order valence-corrected chi connectivity index (χ2v) is 4.49. The van der Waals surface area contributed by atoms with E-state index in [2.05, 4.69) is 29.9 Å². The quantitative estimate of drug-likeness (QED) is 0.710. The molecule has 0 aromatic carbocycles. The van der Waals surface area contributed by atoms with E-state index in [9.17, 15) is 0 Å². The first-order valence-electron chi connectivity index (χ1n) is 5.76. The van der Waals surface area contributed by atoms with E-state index in [1.165, 1.54) is 17.7 Å². The Kier molecular flexibility index (Phi) is 2.97. The predicted octanol–water partition coefficient (Wildman–Crippen LogP) is 1.70. The summed E-state index contributed by atoms with van der Waals surface area (Å²) in [6.07, 6.45) is 2.33. The van der Waals surface area contributed by atoms with Gasteiger partial charge in [0, 0.05) is 24.3 Å². The lowest BCUT2D eigenvalue weighted by Crippen LogP contribution is -2.24. The van der Waals surface area contributed by atoms with Gasteiger partial charge in [-0.1, -0.05) is 0 Å². The number of nitriles is 1. The first-order valence-corrected chi connectivity index (χ1v) is 5.76. The van der Waals surface area contributed by atoms with E-state index in [1.807, 2.05) is 11.7 Å². The maximum absolute atomic E-state index is 8.82. The molecule has 0 N–H and O–H groups in total. The van der Waals surface area contributed by atoms with Gasteiger partial charge in [-0.05, 0) is 33.2 Å². The molecule has 1 aromatic rings. The molecule has 0 spiro atoms. The van der Waals surface area contributed by atoms with Crippen molar-refractivity contribution in [1.82, 2.24) is 14.7 Å². The van der Waals surface area contributed by atoms with Crippen LogP contribution in [-0.2, 0) is 7.05 Å². The number of hydrogen-bond donors (Lipinski definition) is 0. The minimum atomic E-state index is 0.397. The van der Waals surface area contributed by atoms with Crippen LogP contribution >= 0.6 is 0 Å². The number of hydrogen-bond acceptors (Lipinski definition) is 3. The molecule has 0 amide bonds. The monoisotopic (exact) mass is 218 g/mol. The van der Waals surface area contributed by atoms with Crippen molar-refractivity contribution >= 4 is 0 Å². The van der Waals surface area contributed by atoms with Gasteiger partial charge in [0.2, 0.25) is 0 Å². The SMILES string of the molecule is Cc1nn(C)c(C)c1C1CCCN1CC#N. The van der Waals surface area contributed by atoms with Crippen molar-refractivity contribution in [3.05, 3.63) is 17.0 Å². The minimum absolute atomic E-state index is 0.397. The molecule has 1 fully saturated rings. The van der Waals surface area contributed by atoms with Gasteiger partial charge in [0.1, 0.15) is 0 Å². The first kappa shape index (κ1) is 11.2. The van der Waals surface area contributed by atoms with Gasteiger partial charge in [0.25, 0.3) is 0 Å². The van der Waals surface area contributed by atoms with E-state index in [0.29, 0.717) is 12.6 Å². The fraction of sp³-hybridized carbons (Fsp3) is 0.667. The molecule has 16 heavy (non-hydrogen) atoms. The van der Waals surface area contributed by atoms with Crippen LogP contribution < -0.4 is 0 Å². The Morgan fingerprint density at radius 2 is 2.25 bits per heavy atom. The Balaban J connectivity index is 2.33. The molecule has 0 aliphatic carbocycles. The number of likely N-dealkylation sites (tertiary alicyclic amines) is 1. The van der Waals surface area contributed by atoms with Crippen molar-refractivity contribution in [3.63, 3.8) is 0 Å². The maximum atomic E-state index is 8.82. The second-order valence-electron chi connectivity index (χ2n) is 4.49. The molecule has 0 saturated carbocycles. The van der Waals surface area contributed by atoms with E-state index >= 15 is 0 Å². The fourth-order valence-corrected chi connectivity index (χ4v) is 2.71. The zero-order valence-corrected chi connectivity index (χ0v) is 10.2. The van der Waals surface area contributed by atoms with Crippen LogP contribution in [0.5, 0.6) is 0 Å². The van der Waals surface area contributed by atoms with Crippen molar-refractivity contribution in [3.8, 4) is 6.07 Å². The van der Waals surface area contributed by atoms with Gasteiger partial charge in [-0.2, -0.15) is 10.4 Å². The molecule has 2 heterocycles. The molecule has 1 aliphatic rings. The van der Waals surface area contributed by atoms with Gasteiger partial charge in [-0.3, -0.25) is 9.58 Å². The lowest BCUT2D eigenvalue weighted by molar-refractivity contribution is 0.287. The third-order valence-electron chi connectivity index (χ3n) is 3.54. The van der Waals surface area contributed by atoms with E-state index in [0.717, 1.165) is 18.7 Å². The van der Waals surface area contributed by atoms with Crippen molar-refractivity contribution < 1.29 is 0 Å². The molecule has 2 rings (SSSR count). The summed E-state index contributed by atoms with van der Waals surface area (Å²) >= 11 is 0. The Bertz CT molecular complexity index is 427. The number of aromatic nitrogens is 2. The number of rotatable bonds is 2. The average molecular weight is 218 g/mol. The second kappa shape index (κ2) is 4.26. The lowest BCUT2D eigenvalue weighted by atomic mass is 10.0. The first-order chi connectivity index (χ1) is 7.65. The van der Waals surface area contributed by atoms with Crippen LogP contribution in [0.1, 0.15) is 35.8 Å². The summed E-state index contributed by atoms with van der Waals surface area (Å²) in [7, 11) is 1.98. The standard InChI is InChI=1S/C12H18N4/c1-9-12(10(2)15(3)14-9)11-5-4-7-16(11)8-6-13/h11H,4-5,7-8H2,1-3H3. The smallest absolute Gasteiger partial charge is 0.0871 e. The fourth-order valence-electron chi connectivity index (χ4n) is 2.71. The van der Waals surface area contributed by atoms with Gasteiger partial charge in [-0.25, -0.2) is 0 Å². The highest BCUT2D eigenvalue weighted by Crippen LogP contribution is 2.34.